The molecule has 0 atom stereocenters. The topological polar surface area (TPSA) is 64.6 Å². The third-order valence-corrected chi connectivity index (χ3v) is 3.82. The summed E-state index contributed by atoms with van der Waals surface area (Å²) < 4.78 is 11.5. The van der Waals surface area contributed by atoms with Crippen molar-refractivity contribution < 1.29 is 19.1 Å². The molecule has 0 unspecified atom stereocenters. The van der Waals surface area contributed by atoms with Gasteiger partial charge in [-0.05, 0) is 71.0 Å². The Morgan fingerprint density at radius 3 is 2.04 bits per heavy atom. The SMILES string of the molecule is CC(=O)c1ccc(NC(=O)c2cc(Cl)c(OC(C)C)c(OC(C)C)c2)cc1. The van der Waals surface area contributed by atoms with Crippen LogP contribution in [0.2, 0.25) is 5.02 Å². The van der Waals surface area contributed by atoms with Crippen LogP contribution in [0, 0.1) is 0 Å². The Kier molecular flexibility index (Phi) is 6.86. The predicted molar refractivity (Wildman–Crippen MR) is 107 cm³/mol. The predicted octanol–water partition coefficient (Wildman–Crippen LogP) is 5.37. The molecule has 144 valence electrons. The number of carbonyl (C=O) groups is 2. The van der Waals surface area contributed by atoms with E-state index in [0.717, 1.165) is 0 Å². The Hall–Kier alpha value is -2.53. The minimum atomic E-state index is -0.336. The molecule has 0 spiro atoms. The molecule has 0 aliphatic carbocycles. The monoisotopic (exact) mass is 389 g/mol. The standard InChI is InChI=1S/C21H24ClNO4/c1-12(2)26-19-11-16(10-18(22)20(19)27-13(3)4)21(25)23-17-8-6-15(7-9-17)14(5)24/h6-13H,1-5H3,(H,23,25). The van der Waals surface area contributed by atoms with Crippen molar-refractivity contribution in [1.82, 2.24) is 0 Å². The Morgan fingerprint density at radius 2 is 1.52 bits per heavy atom. The van der Waals surface area contributed by atoms with E-state index in [2.05, 4.69) is 5.32 Å². The average molecular weight is 390 g/mol. The number of rotatable bonds is 7. The fourth-order valence-electron chi connectivity index (χ4n) is 2.38. The maximum atomic E-state index is 12.6. The number of nitrogens with one attached hydrogen (secondary N) is 1. The lowest BCUT2D eigenvalue weighted by atomic mass is 10.1. The molecule has 0 aliphatic heterocycles. The molecule has 2 rings (SSSR count). The van der Waals surface area contributed by atoms with Crippen LogP contribution in [0.25, 0.3) is 0 Å². The van der Waals surface area contributed by atoms with Crippen LogP contribution in [0.15, 0.2) is 36.4 Å². The molecule has 0 aromatic heterocycles. The third-order valence-electron chi connectivity index (χ3n) is 3.54. The molecule has 0 bridgehead atoms. The Morgan fingerprint density at radius 1 is 0.926 bits per heavy atom. The van der Waals surface area contributed by atoms with Crippen LogP contribution in [0.4, 0.5) is 5.69 Å². The van der Waals surface area contributed by atoms with Gasteiger partial charge in [0.25, 0.3) is 5.91 Å². The molecule has 6 heteroatoms. The number of hydrogen-bond acceptors (Lipinski definition) is 4. The molecular formula is C21H24ClNO4. The quantitative estimate of drug-likeness (QED) is 0.646. The second-order valence-corrected chi connectivity index (χ2v) is 7.11. The van der Waals surface area contributed by atoms with Crippen LogP contribution in [-0.2, 0) is 0 Å². The van der Waals surface area contributed by atoms with Crippen LogP contribution >= 0.6 is 11.6 Å². The van der Waals surface area contributed by atoms with Gasteiger partial charge in [0.05, 0.1) is 17.2 Å². The van der Waals surface area contributed by atoms with Gasteiger partial charge in [-0.15, -0.1) is 0 Å². The van der Waals surface area contributed by atoms with Gasteiger partial charge >= 0.3 is 0 Å². The van der Waals surface area contributed by atoms with Crippen molar-refractivity contribution in [3.8, 4) is 11.5 Å². The Balaban J connectivity index is 2.29. The van der Waals surface area contributed by atoms with Gasteiger partial charge in [0.2, 0.25) is 0 Å². The highest BCUT2D eigenvalue weighted by Gasteiger charge is 2.18. The van der Waals surface area contributed by atoms with E-state index < -0.39 is 0 Å². The lowest BCUT2D eigenvalue weighted by Crippen LogP contribution is -2.15. The molecular weight excluding hydrogens is 366 g/mol. The fraction of sp³-hybridized carbons (Fsp3) is 0.333. The summed E-state index contributed by atoms with van der Waals surface area (Å²) in [5, 5.41) is 3.09. The van der Waals surface area contributed by atoms with E-state index in [4.69, 9.17) is 21.1 Å². The molecule has 5 nitrogen and oxygen atoms in total. The van der Waals surface area contributed by atoms with Gasteiger partial charge in [-0.25, -0.2) is 0 Å². The van der Waals surface area contributed by atoms with Crippen LogP contribution < -0.4 is 14.8 Å². The highest BCUT2D eigenvalue weighted by atomic mass is 35.5. The van der Waals surface area contributed by atoms with E-state index in [0.29, 0.717) is 33.3 Å². The summed E-state index contributed by atoms with van der Waals surface area (Å²) in [4.78, 5) is 24.0. The summed E-state index contributed by atoms with van der Waals surface area (Å²) in [5.74, 6) is 0.471. The normalized spacial score (nSPS) is 10.8. The molecule has 2 aromatic carbocycles. The van der Waals surface area contributed by atoms with E-state index in [1.807, 2.05) is 27.7 Å². The van der Waals surface area contributed by atoms with Crippen molar-refractivity contribution >= 4 is 29.0 Å². The number of carbonyl (C=O) groups excluding carboxylic acids is 2. The molecule has 0 radical (unpaired) electrons. The number of benzene rings is 2. The van der Waals surface area contributed by atoms with Crippen molar-refractivity contribution in [2.75, 3.05) is 5.32 Å². The third kappa shape index (κ3) is 5.73. The van der Waals surface area contributed by atoms with Crippen molar-refractivity contribution in [2.45, 2.75) is 46.8 Å². The maximum absolute atomic E-state index is 12.6. The van der Waals surface area contributed by atoms with E-state index in [-0.39, 0.29) is 23.9 Å². The largest absolute Gasteiger partial charge is 0.487 e. The highest BCUT2D eigenvalue weighted by molar-refractivity contribution is 6.32. The molecule has 1 N–H and O–H groups in total. The second kappa shape index (κ2) is 8.91. The van der Waals surface area contributed by atoms with Crippen LogP contribution in [0.1, 0.15) is 55.3 Å². The Labute approximate surface area is 164 Å². The summed E-state index contributed by atoms with van der Waals surface area (Å²) in [6, 6.07) is 9.85. The van der Waals surface area contributed by atoms with Gasteiger partial charge in [-0.3, -0.25) is 9.59 Å². The van der Waals surface area contributed by atoms with Crippen molar-refractivity contribution in [3.63, 3.8) is 0 Å². The molecule has 27 heavy (non-hydrogen) atoms. The maximum Gasteiger partial charge on any atom is 0.255 e. The smallest absolute Gasteiger partial charge is 0.255 e. The van der Waals surface area contributed by atoms with Gasteiger partial charge in [0.15, 0.2) is 17.3 Å². The highest BCUT2D eigenvalue weighted by Crippen LogP contribution is 2.38. The number of Topliss-reactive ketones (excluding diaryl/α,β-unsaturated/α-hetero) is 1. The van der Waals surface area contributed by atoms with Crippen LogP contribution in [-0.4, -0.2) is 23.9 Å². The Bertz CT molecular complexity index is 829. The molecule has 0 fully saturated rings. The minimum absolute atomic E-state index is 0.0316. The number of halogens is 1. The van der Waals surface area contributed by atoms with E-state index >= 15 is 0 Å². The van der Waals surface area contributed by atoms with E-state index in [9.17, 15) is 9.59 Å². The van der Waals surface area contributed by atoms with E-state index in [1.54, 1.807) is 36.4 Å². The molecule has 0 saturated carbocycles. The second-order valence-electron chi connectivity index (χ2n) is 6.71. The van der Waals surface area contributed by atoms with Gasteiger partial charge in [-0.2, -0.15) is 0 Å². The van der Waals surface area contributed by atoms with Crippen LogP contribution in [0.3, 0.4) is 0 Å². The first-order chi connectivity index (χ1) is 12.7. The first-order valence-electron chi connectivity index (χ1n) is 8.76. The lowest BCUT2D eigenvalue weighted by Gasteiger charge is -2.19. The number of ketones is 1. The zero-order valence-electron chi connectivity index (χ0n) is 16.1. The summed E-state index contributed by atoms with van der Waals surface area (Å²) in [5.41, 5.74) is 1.51. The number of anilines is 1. The van der Waals surface area contributed by atoms with Gasteiger partial charge in [0, 0.05) is 16.8 Å². The minimum Gasteiger partial charge on any atom is -0.487 e. The van der Waals surface area contributed by atoms with Crippen molar-refractivity contribution in [1.29, 1.82) is 0 Å². The average Bonchev–Trinajstić information content (AvgIpc) is 2.57. The van der Waals surface area contributed by atoms with Crippen molar-refractivity contribution in [2.24, 2.45) is 0 Å². The molecule has 0 saturated heterocycles. The molecule has 1 amide bonds. The van der Waals surface area contributed by atoms with Gasteiger partial charge in [-0.1, -0.05) is 11.6 Å². The number of hydrogen-bond donors (Lipinski definition) is 1. The summed E-state index contributed by atoms with van der Waals surface area (Å²) >= 11 is 6.34. The molecule has 2 aromatic rings. The zero-order valence-corrected chi connectivity index (χ0v) is 16.9. The zero-order chi connectivity index (χ0) is 20.1. The van der Waals surface area contributed by atoms with Gasteiger partial charge < -0.3 is 14.8 Å². The lowest BCUT2D eigenvalue weighted by molar-refractivity contribution is 0.101. The van der Waals surface area contributed by atoms with Crippen LogP contribution in [0.5, 0.6) is 11.5 Å². The molecule has 0 aliphatic rings. The first kappa shape index (κ1) is 20.8. The molecule has 0 heterocycles. The summed E-state index contributed by atoms with van der Waals surface area (Å²) in [6.07, 6.45) is -0.190. The first-order valence-corrected chi connectivity index (χ1v) is 9.14. The number of amides is 1. The fourth-order valence-corrected chi connectivity index (χ4v) is 2.64. The van der Waals surface area contributed by atoms with E-state index in [1.165, 1.54) is 6.92 Å². The van der Waals surface area contributed by atoms with Gasteiger partial charge in [0.1, 0.15) is 0 Å². The summed E-state index contributed by atoms with van der Waals surface area (Å²) in [7, 11) is 0. The number of ether oxygens (including phenoxy) is 2. The van der Waals surface area contributed by atoms with Crippen molar-refractivity contribution in [3.05, 3.63) is 52.5 Å². The summed E-state index contributed by atoms with van der Waals surface area (Å²) in [6.45, 7) is 9.04.